The highest BCUT2D eigenvalue weighted by Crippen LogP contribution is 2.23. The second-order valence-electron chi connectivity index (χ2n) is 4.73. The standard InChI is InChI=1S/C16H15N3O.BrH/c1-12-16(14-8-4-3-5-9-14)19(17-13(2)20)15-10-6-7-11-18(12)15;/h3-11H,1-2H3;1H. The van der Waals surface area contributed by atoms with E-state index in [0.29, 0.717) is 0 Å². The number of imidazole rings is 1. The lowest BCUT2D eigenvalue weighted by Crippen LogP contribution is -3.00. The number of nitrogens with zero attached hydrogens (tertiary/aromatic N) is 2. The Bertz CT molecular complexity index is 781. The Kier molecular flexibility index (Phi) is 4.43. The molecule has 3 rings (SSSR count). The Morgan fingerprint density at radius 1 is 1.10 bits per heavy atom. The number of carbonyl (C=O) groups excluding carboxylic acids is 1. The Morgan fingerprint density at radius 2 is 1.76 bits per heavy atom. The van der Waals surface area contributed by atoms with Gasteiger partial charge in [0.1, 0.15) is 0 Å². The van der Waals surface area contributed by atoms with E-state index in [1.54, 1.807) is 0 Å². The third-order valence-corrected chi connectivity index (χ3v) is 3.31. The summed E-state index contributed by atoms with van der Waals surface area (Å²) >= 11 is 0. The molecular weight excluding hydrogens is 330 g/mol. The summed E-state index contributed by atoms with van der Waals surface area (Å²) in [7, 11) is 0. The van der Waals surface area contributed by atoms with E-state index >= 15 is 0 Å². The molecular formula is C16H16BrN3O. The van der Waals surface area contributed by atoms with Gasteiger partial charge in [-0.2, -0.15) is 9.83 Å². The van der Waals surface area contributed by atoms with Crippen LogP contribution in [0.4, 0.5) is 0 Å². The van der Waals surface area contributed by atoms with E-state index in [9.17, 15) is 4.79 Å². The summed E-state index contributed by atoms with van der Waals surface area (Å²) in [5.74, 6) is -0.0939. The van der Waals surface area contributed by atoms with E-state index in [-0.39, 0.29) is 22.9 Å². The van der Waals surface area contributed by atoms with Gasteiger partial charge in [0.15, 0.2) is 5.69 Å². The number of rotatable bonds is 2. The van der Waals surface area contributed by atoms with Gasteiger partial charge in [0.2, 0.25) is 5.69 Å². The second-order valence-corrected chi connectivity index (χ2v) is 4.73. The summed E-state index contributed by atoms with van der Waals surface area (Å²) in [6.45, 7) is 3.57. The van der Waals surface area contributed by atoms with Gasteiger partial charge >= 0.3 is 5.65 Å². The van der Waals surface area contributed by atoms with Crippen molar-refractivity contribution in [2.45, 2.75) is 13.8 Å². The highest BCUT2D eigenvalue weighted by Gasteiger charge is 2.24. The van der Waals surface area contributed by atoms with Gasteiger partial charge < -0.3 is 17.0 Å². The molecule has 0 saturated heterocycles. The first-order chi connectivity index (χ1) is 9.68. The lowest BCUT2D eigenvalue weighted by molar-refractivity contribution is -0.517. The van der Waals surface area contributed by atoms with Crippen molar-refractivity contribution < 1.29 is 26.2 Å². The highest BCUT2D eigenvalue weighted by molar-refractivity contribution is 5.83. The molecule has 2 heterocycles. The average molecular weight is 346 g/mol. The topological polar surface area (TPSA) is 38.1 Å². The van der Waals surface area contributed by atoms with E-state index in [4.69, 9.17) is 0 Å². The number of aromatic nitrogens is 2. The minimum Gasteiger partial charge on any atom is -1.00 e. The third kappa shape index (κ3) is 2.69. The van der Waals surface area contributed by atoms with Crippen molar-refractivity contribution in [2.75, 3.05) is 5.43 Å². The van der Waals surface area contributed by atoms with Gasteiger partial charge in [-0.25, -0.2) is 0 Å². The normalized spacial score (nSPS) is 10.2. The van der Waals surface area contributed by atoms with Crippen LogP contribution in [-0.2, 0) is 4.79 Å². The van der Waals surface area contributed by atoms with E-state index in [1.807, 2.05) is 66.3 Å². The molecule has 3 aromatic rings. The molecule has 1 amide bonds. The molecule has 0 spiro atoms. The highest BCUT2D eigenvalue weighted by atomic mass is 79.9. The number of carbonyl (C=O) groups is 1. The number of benzene rings is 1. The monoisotopic (exact) mass is 345 g/mol. The van der Waals surface area contributed by atoms with Crippen LogP contribution >= 0.6 is 0 Å². The van der Waals surface area contributed by atoms with Crippen LogP contribution < -0.4 is 26.8 Å². The van der Waals surface area contributed by atoms with Crippen molar-refractivity contribution in [1.29, 1.82) is 0 Å². The number of hydrogen-bond acceptors (Lipinski definition) is 1. The van der Waals surface area contributed by atoms with Crippen LogP contribution in [0.1, 0.15) is 12.6 Å². The second kappa shape index (κ2) is 6.10. The fourth-order valence-corrected chi connectivity index (χ4v) is 2.50. The van der Waals surface area contributed by atoms with Crippen molar-refractivity contribution in [3.05, 3.63) is 60.4 Å². The summed E-state index contributed by atoms with van der Waals surface area (Å²) in [4.78, 5) is 11.5. The van der Waals surface area contributed by atoms with E-state index in [1.165, 1.54) is 6.92 Å². The fourth-order valence-electron chi connectivity index (χ4n) is 2.50. The van der Waals surface area contributed by atoms with Crippen molar-refractivity contribution in [1.82, 2.24) is 4.68 Å². The van der Waals surface area contributed by atoms with Crippen LogP contribution in [0.25, 0.3) is 16.9 Å². The Hall–Kier alpha value is -2.14. The van der Waals surface area contributed by atoms with Crippen molar-refractivity contribution in [2.24, 2.45) is 0 Å². The number of nitrogens with one attached hydrogen (secondary N) is 1. The Morgan fingerprint density at radius 3 is 2.43 bits per heavy atom. The maximum Gasteiger partial charge on any atom is 0.310 e. The van der Waals surface area contributed by atoms with Gasteiger partial charge in [0.25, 0.3) is 5.91 Å². The lowest BCUT2D eigenvalue weighted by atomic mass is 10.1. The largest absolute Gasteiger partial charge is 1.00 e. The van der Waals surface area contributed by atoms with Crippen LogP contribution in [0.2, 0.25) is 0 Å². The van der Waals surface area contributed by atoms with Crippen LogP contribution in [0.15, 0.2) is 54.7 Å². The molecule has 1 N–H and O–H groups in total. The number of aryl methyl sites for hydroxylation is 1. The molecule has 0 bridgehead atoms. The molecule has 0 radical (unpaired) electrons. The number of halogens is 1. The van der Waals surface area contributed by atoms with E-state index in [0.717, 1.165) is 22.6 Å². The summed E-state index contributed by atoms with van der Waals surface area (Å²) in [5, 5.41) is 0. The first-order valence-electron chi connectivity index (χ1n) is 6.53. The van der Waals surface area contributed by atoms with E-state index in [2.05, 4.69) is 9.83 Å². The minimum atomic E-state index is -0.0939. The first-order valence-corrected chi connectivity index (χ1v) is 6.53. The molecule has 108 valence electrons. The minimum absolute atomic E-state index is 0. The van der Waals surface area contributed by atoms with Crippen LogP contribution in [0, 0.1) is 6.92 Å². The molecule has 0 saturated carbocycles. The lowest BCUT2D eigenvalue weighted by Gasteiger charge is -2.02. The van der Waals surface area contributed by atoms with Gasteiger partial charge in [0.05, 0.1) is 6.20 Å². The first kappa shape index (κ1) is 15.3. The molecule has 1 aromatic carbocycles. The number of fused-ring (bicyclic) bond motifs is 1. The zero-order chi connectivity index (χ0) is 14.1. The van der Waals surface area contributed by atoms with Gasteiger partial charge in [-0.1, -0.05) is 36.4 Å². The van der Waals surface area contributed by atoms with Gasteiger partial charge in [-0.05, 0) is 6.07 Å². The predicted octanol–water partition coefficient (Wildman–Crippen LogP) is -0.704. The van der Waals surface area contributed by atoms with Crippen molar-refractivity contribution in [3.8, 4) is 11.3 Å². The van der Waals surface area contributed by atoms with Crippen LogP contribution in [0.5, 0.6) is 0 Å². The molecule has 5 heteroatoms. The van der Waals surface area contributed by atoms with Gasteiger partial charge in [0, 0.05) is 25.5 Å². The zero-order valence-electron chi connectivity index (χ0n) is 11.9. The summed E-state index contributed by atoms with van der Waals surface area (Å²) in [5.41, 5.74) is 6.97. The van der Waals surface area contributed by atoms with E-state index < -0.39 is 0 Å². The molecule has 0 unspecified atom stereocenters. The predicted molar refractivity (Wildman–Crippen MR) is 77.8 cm³/mol. The van der Waals surface area contributed by atoms with Gasteiger partial charge in [-0.15, -0.1) is 4.68 Å². The van der Waals surface area contributed by atoms with Crippen LogP contribution in [-0.4, -0.2) is 10.6 Å². The summed E-state index contributed by atoms with van der Waals surface area (Å²) in [6.07, 6.45) is 2.00. The zero-order valence-corrected chi connectivity index (χ0v) is 13.5. The molecule has 0 atom stereocenters. The Labute approximate surface area is 133 Å². The molecule has 2 aromatic heterocycles. The molecule has 0 aliphatic rings. The van der Waals surface area contributed by atoms with Crippen molar-refractivity contribution >= 4 is 11.6 Å². The SMILES string of the molecule is CC(=O)Nn1c(-c2ccccc2)c(C)[n+]2ccccc12.[Br-]. The number of pyridine rings is 1. The quantitative estimate of drug-likeness (QED) is 0.612. The fraction of sp³-hybridized carbons (Fsp3) is 0.125. The summed E-state index contributed by atoms with van der Waals surface area (Å²) < 4.78 is 3.91. The maximum absolute atomic E-state index is 11.5. The molecule has 4 nitrogen and oxygen atoms in total. The number of hydrogen-bond donors (Lipinski definition) is 1. The summed E-state index contributed by atoms with van der Waals surface area (Å²) in [6, 6.07) is 16.0. The van der Waals surface area contributed by atoms with Crippen LogP contribution in [0.3, 0.4) is 0 Å². The Balaban J connectivity index is 0.00000161. The van der Waals surface area contributed by atoms with Crippen molar-refractivity contribution in [3.63, 3.8) is 0 Å². The third-order valence-electron chi connectivity index (χ3n) is 3.31. The molecule has 0 fully saturated rings. The molecule has 21 heavy (non-hydrogen) atoms. The molecule has 0 aliphatic heterocycles. The smallest absolute Gasteiger partial charge is 0.310 e. The molecule has 0 aliphatic carbocycles. The maximum atomic E-state index is 11.5. The van der Waals surface area contributed by atoms with Gasteiger partial charge in [-0.3, -0.25) is 4.79 Å². The number of amides is 1. The average Bonchev–Trinajstić information content (AvgIpc) is 2.73.